The Morgan fingerprint density at radius 2 is 1.90 bits per heavy atom. The van der Waals surface area contributed by atoms with Crippen LogP contribution in [0.3, 0.4) is 0 Å². The molecule has 0 aromatic heterocycles. The molecule has 2 nitrogen and oxygen atoms in total. The fourth-order valence-corrected chi connectivity index (χ4v) is 2.55. The average Bonchev–Trinajstić information content (AvgIpc) is 2.49. The molecule has 0 amide bonds. The van der Waals surface area contributed by atoms with E-state index in [9.17, 15) is 4.39 Å². The molecule has 0 aliphatic rings. The first-order chi connectivity index (χ1) is 10.2. The number of halogens is 1. The second kappa shape index (κ2) is 7.23. The molecule has 0 heterocycles. The maximum atomic E-state index is 14.1. The highest BCUT2D eigenvalue weighted by atomic mass is 19.1. The molecule has 0 saturated carbocycles. The molecule has 0 unspecified atom stereocenters. The van der Waals surface area contributed by atoms with Crippen LogP contribution in [-0.2, 0) is 13.1 Å². The van der Waals surface area contributed by atoms with Crippen LogP contribution in [0, 0.1) is 12.7 Å². The topological polar surface area (TPSA) is 15.3 Å². The summed E-state index contributed by atoms with van der Waals surface area (Å²) in [6, 6.07) is 13.6. The van der Waals surface area contributed by atoms with Crippen molar-refractivity contribution in [2.45, 2.75) is 26.9 Å². The van der Waals surface area contributed by atoms with E-state index in [1.807, 2.05) is 31.3 Å². The number of nitrogens with one attached hydrogen (secondary N) is 1. The lowest BCUT2D eigenvalue weighted by molar-refractivity contribution is 0.603. The Hall–Kier alpha value is -1.87. The highest BCUT2D eigenvalue weighted by Crippen LogP contribution is 2.22. The molecule has 2 rings (SSSR count). The summed E-state index contributed by atoms with van der Waals surface area (Å²) >= 11 is 0. The first-order valence-corrected chi connectivity index (χ1v) is 7.38. The van der Waals surface area contributed by atoms with Crippen LogP contribution in [0.5, 0.6) is 0 Å². The standard InChI is InChI=1S/C18H23FN2/c1-4-21(18-8-6-5-7-14(18)2)13-16-11-15(12-20-3)9-10-17(16)19/h5-11,20H,4,12-13H2,1-3H3. The van der Waals surface area contributed by atoms with Crippen LogP contribution in [-0.4, -0.2) is 13.6 Å². The number of nitrogens with zero attached hydrogens (tertiary/aromatic N) is 1. The zero-order valence-electron chi connectivity index (χ0n) is 13.0. The van der Waals surface area contributed by atoms with E-state index in [-0.39, 0.29) is 5.82 Å². The van der Waals surface area contributed by atoms with E-state index in [2.05, 4.69) is 36.2 Å². The molecule has 0 spiro atoms. The summed E-state index contributed by atoms with van der Waals surface area (Å²) in [6.07, 6.45) is 0. The van der Waals surface area contributed by atoms with Gasteiger partial charge >= 0.3 is 0 Å². The zero-order chi connectivity index (χ0) is 15.2. The van der Waals surface area contributed by atoms with Crippen molar-refractivity contribution in [1.29, 1.82) is 0 Å². The first kappa shape index (κ1) is 15.5. The van der Waals surface area contributed by atoms with Crippen molar-refractivity contribution in [2.24, 2.45) is 0 Å². The summed E-state index contributed by atoms with van der Waals surface area (Å²) in [5, 5.41) is 3.10. The van der Waals surface area contributed by atoms with Crippen LogP contribution in [0.15, 0.2) is 42.5 Å². The number of anilines is 1. The summed E-state index contributed by atoms with van der Waals surface area (Å²) in [4.78, 5) is 2.21. The Kier molecular flexibility index (Phi) is 5.34. The number of hydrogen-bond acceptors (Lipinski definition) is 2. The van der Waals surface area contributed by atoms with Crippen LogP contribution in [0.1, 0.15) is 23.6 Å². The maximum absolute atomic E-state index is 14.1. The predicted octanol–water partition coefficient (Wildman–Crippen LogP) is 3.88. The second-order valence-electron chi connectivity index (χ2n) is 5.26. The van der Waals surface area contributed by atoms with Gasteiger partial charge in [0.1, 0.15) is 5.82 Å². The van der Waals surface area contributed by atoms with Crippen LogP contribution in [0.25, 0.3) is 0 Å². The number of para-hydroxylation sites is 1. The molecule has 1 N–H and O–H groups in total. The van der Waals surface area contributed by atoms with Gasteiger partial charge in [-0.05, 0) is 50.2 Å². The second-order valence-corrected chi connectivity index (χ2v) is 5.26. The van der Waals surface area contributed by atoms with E-state index in [0.717, 1.165) is 24.2 Å². The van der Waals surface area contributed by atoms with Gasteiger partial charge in [-0.2, -0.15) is 0 Å². The quantitative estimate of drug-likeness (QED) is 0.867. The lowest BCUT2D eigenvalue weighted by Gasteiger charge is -2.25. The van der Waals surface area contributed by atoms with Crippen molar-refractivity contribution >= 4 is 5.69 Å². The molecule has 0 saturated heterocycles. The fourth-order valence-electron chi connectivity index (χ4n) is 2.55. The van der Waals surface area contributed by atoms with Gasteiger partial charge in [-0.3, -0.25) is 0 Å². The van der Waals surface area contributed by atoms with Crippen LogP contribution < -0.4 is 10.2 Å². The van der Waals surface area contributed by atoms with E-state index in [4.69, 9.17) is 0 Å². The third-order valence-corrected chi connectivity index (χ3v) is 3.69. The normalized spacial score (nSPS) is 10.7. The molecule has 0 bridgehead atoms. The first-order valence-electron chi connectivity index (χ1n) is 7.38. The molecule has 112 valence electrons. The Balaban J connectivity index is 2.26. The van der Waals surface area contributed by atoms with E-state index < -0.39 is 0 Å². The minimum atomic E-state index is -0.137. The monoisotopic (exact) mass is 286 g/mol. The fraction of sp³-hybridized carbons (Fsp3) is 0.333. The summed E-state index contributed by atoms with van der Waals surface area (Å²) in [5.41, 5.74) is 4.23. The Morgan fingerprint density at radius 3 is 2.57 bits per heavy atom. The summed E-state index contributed by atoms with van der Waals surface area (Å²) < 4.78 is 14.1. The van der Waals surface area contributed by atoms with Gasteiger partial charge in [0.05, 0.1) is 0 Å². The minimum Gasteiger partial charge on any atom is -0.367 e. The molecule has 2 aromatic rings. The van der Waals surface area contributed by atoms with E-state index in [0.29, 0.717) is 6.54 Å². The van der Waals surface area contributed by atoms with Gasteiger partial charge < -0.3 is 10.2 Å². The van der Waals surface area contributed by atoms with Crippen LogP contribution in [0.4, 0.5) is 10.1 Å². The molecular formula is C18H23FN2. The van der Waals surface area contributed by atoms with Crippen molar-refractivity contribution in [3.63, 3.8) is 0 Å². The molecule has 0 aliphatic heterocycles. The van der Waals surface area contributed by atoms with Crippen LogP contribution in [0.2, 0.25) is 0 Å². The number of hydrogen-bond donors (Lipinski definition) is 1. The Labute approximate surface area is 126 Å². The van der Waals surface area contributed by atoms with E-state index in [1.165, 1.54) is 11.3 Å². The molecule has 21 heavy (non-hydrogen) atoms. The molecular weight excluding hydrogens is 263 g/mol. The molecule has 3 heteroatoms. The number of benzene rings is 2. The van der Waals surface area contributed by atoms with Gasteiger partial charge in [-0.15, -0.1) is 0 Å². The SMILES string of the molecule is CCN(Cc1cc(CNC)ccc1F)c1ccccc1C. The Morgan fingerprint density at radius 1 is 1.14 bits per heavy atom. The van der Waals surface area contributed by atoms with Crippen molar-refractivity contribution in [3.05, 3.63) is 65.0 Å². The van der Waals surface area contributed by atoms with Gasteiger partial charge in [0.25, 0.3) is 0 Å². The van der Waals surface area contributed by atoms with Gasteiger partial charge in [-0.25, -0.2) is 4.39 Å². The summed E-state index contributed by atoms with van der Waals surface area (Å²) in [6.45, 7) is 6.38. The molecule has 0 atom stereocenters. The molecule has 2 aromatic carbocycles. The van der Waals surface area contributed by atoms with E-state index in [1.54, 1.807) is 6.07 Å². The van der Waals surface area contributed by atoms with E-state index >= 15 is 0 Å². The number of rotatable bonds is 6. The third-order valence-electron chi connectivity index (χ3n) is 3.69. The molecule has 0 fully saturated rings. The zero-order valence-corrected chi connectivity index (χ0v) is 13.0. The minimum absolute atomic E-state index is 0.137. The van der Waals surface area contributed by atoms with Crippen molar-refractivity contribution in [2.75, 3.05) is 18.5 Å². The lowest BCUT2D eigenvalue weighted by Crippen LogP contribution is -2.23. The summed E-state index contributed by atoms with van der Waals surface area (Å²) in [5.74, 6) is -0.137. The van der Waals surface area contributed by atoms with Crippen molar-refractivity contribution < 1.29 is 4.39 Å². The van der Waals surface area contributed by atoms with Gasteiger partial charge in [0.15, 0.2) is 0 Å². The molecule has 0 aliphatic carbocycles. The van der Waals surface area contributed by atoms with Crippen molar-refractivity contribution in [3.8, 4) is 0 Å². The predicted molar refractivity (Wildman–Crippen MR) is 87.1 cm³/mol. The highest BCUT2D eigenvalue weighted by molar-refractivity contribution is 5.53. The molecule has 0 radical (unpaired) electrons. The van der Waals surface area contributed by atoms with Crippen LogP contribution >= 0.6 is 0 Å². The average molecular weight is 286 g/mol. The Bertz CT molecular complexity index is 596. The summed E-state index contributed by atoms with van der Waals surface area (Å²) in [7, 11) is 1.90. The smallest absolute Gasteiger partial charge is 0.128 e. The highest BCUT2D eigenvalue weighted by Gasteiger charge is 2.11. The van der Waals surface area contributed by atoms with Gasteiger partial charge in [0.2, 0.25) is 0 Å². The van der Waals surface area contributed by atoms with Gasteiger partial charge in [0, 0.05) is 30.9 Å². The van der Waals surface area contributed by atoms with Gasteiger partial charge in [-0.1, -0.05) is 24.3 Å². The van der Waals surface area contributed by atoms with Crippen molar-refractivity contribution in [1.82, 2.24) is 5.32 Å². The third kappa shape index (κ3) is 3.82. The maximum Gasteiger partial charge on any atom is 0.128 e. The number of aryl methyl sites for hydroxylation is 1. The lowest BCUT2D eigenvalue weighted by atomic mass is 10.1. The largest absolute Gasteiger partial charge is 0.367 e.